The first-order valence-corrected chi connectivity index (χ1v) is 15.2. The van der Waals surface area contributed by atoms with Crippen LogP contribution < -0.4 is 4.90 Å². The Morgan fingerprint density at radius 1 is 1.03 bits per heavy atom. The van der Waals surface area contributed by atoms with Gasteiger partial charge in [-0.05, 0) is 49.8 Å². The maximum atomic E-state index is 13.7. The van der Waals surface area contributed by atoms with Gasteiger partial charge in [-0.1, -0.05) is 51.1 Å². The van der Waals surface area contributed by atoms with E-state index in [0.29, 0.717) is 63.7 Å². The van der Waals surface area contributed by atoms with Crippen LogP contribution in [0.4, 0.5) is 11.4 Å². The summed E-state index contributed by atoms with van der Waals surface area (Å²) in [6, 6.07) is 16.0. The van der Waals surface area contributed by atoms with Crippen LogP contribution in [-0.4, -0.2) is 61.8 Å². The Hall–Kier alpha value is -3.00. The van der Waals surface area contributed by atoms with Gasteiger partial charge in [-0.15, -0.1) is 0 Å². The van der Waals surface area contributed by atoms with E-state index in [9.17, 15) is 23.8 Å². The van der Waals surface area contributed by atoms with Gasteiger partial charge in [0.1, 0.15) is 5.69 Å². The number of sulfonamides is 1. The molecule has 0 bridgehead atoms. The number of hydrogen-bond acceptors (Lipinski definition) is 7. The quantitative estimate of drug-likeness (QED) is 0.329. The summed E-state index contributed by atoms with van der Waals surface area (Å²) in [5.41, 5.74) is 1.23. The van der Waals surface area contributed by atoms with Gasteiger partial charge in [0.2, 0.25) is 10.0 Å². The van der Waals surface area contributed by atoms with Gasteiger partial charge >= 0.3 is 0 Å². The molecule has 10 heteroatoms. The molecular formula is C29H39N5O4S. The second kappa shape index (κ2) is 11.6. The molecule has 0 aliphatic carbocycles. The van der Waals surface area contributed by atoms with Crippen LogP contribution in [0.2, 0.25) is 0 Å². The van der Waals surface area contributed by atoms with Crippen molar-refractivity contribution in [1.82, 2.24) is 9.21 Å². The lowest BCUT2D eigenvalue weighted by Crippen LogP contribution is -2.50. The Kier molecular flexibility index (Phi) is 8.64. The van der Waals surface area contributed by atoms with Gasteiger partial charge in [0, 0.05) is 50.9 Å². The van der Waals surface area contributed by atoms with Crippen molar-refractivity contribution in [3.8, 4) is 6.07 Å². The minimum absolute atomic E-state index is 0.00758. The van der Waals surface area contributed by atoms with Crippen LogP contribution in [0, 0.1) is 39.7 Å². The van der Waals surface area contributed by atoms with Gasteiger partial charge in [0.25, 0.3) is 5.69 Å². The Morgan fingerprint density at radius 2 is 1.64 bits per heavy atom. The predicted molar refractivity (Wildman–Crippen MR) is 152 cm³/mol. The highest BCUT2D eigenvalue weighted by Crippen LogP contribution is 2.41. The second-order valence-corrected chi connectivity index (χ2v) is 13.0. The summed E-state index contributed by atoms with van der Waals surface area (Å²) in [6.45, 7) is 10.7. The topological polar surface area (TPSA) is 111 Å². The zero-order valence-corrected chi connectivity index (χ0v) is 24.2. The van der Waals surface area contributed by atoms with Crippen molar-refractivity contribution in [3.63, 3.8) is 0 Å². The minimum Gasteiger partial charge on any atom is -0.366 e. The van der Waals surface area contributed by atoms with Crippen molar-refractivity contribution in [3.05, 3.63) is 63.7 Å². The lowest BCUT2D eigenvalue weighted by atomic mass is 9.77. The fraction of sp³-hybridized carbons (Fsp3) is 0.552. The van der Waals surface area contributed by atoms with E-state index in [1.807, 2.05) is 30.0 Å². The molecule has 2 fully saturated rings. The summed E-state index contributed by atoms with van der Waals surface area (Å²) >= 11 is 0. The van der Waals surface area contributed by atoms with Crippen LogP contribution in [0.25, 0.3) is 0 Å². The van der Waals surface area contributed by atoms with E-state index in [0.717, 1.165) is 6.42 Å². The molecular weight excluding hydrogens is 514 g/mol. The minimum atomic E-state index is -3.92. The summed E-state index contributed by atoms with van der Waals surface area (Å²) in [4.78, 5) is 16.0. The molecule has 1 unspecified atom stereocenters. The average Bonchev–Trinajstić information content (AvgIpc) is 2.93. The Balaban J connectivity index is 1.55. The number of benzene rings is 2. The highest BCUT2D eigenvalue weighted by Gasteiger charge is 2.38. The van der Waals surface area contributed by atoms with Gasteiger partial charge in [-0.3, -0.25) is 15.0 Å². The van der Waals surface area contributed by atoms with E-state index < -0.39 is 20.4 Å². The number of piperidine rings is 1. The molecule has 0 amide bonds. The summed E-state index contributed by atoms with van der Waals surface area (Å²) in [6.07, 6.45) is 1.99. The van der Waals surface area contributed by atoms with Crippen LogP contribution in [0.3, 0.4) is 0 Å². The monoisotopic (exact) mass is 553 g/mol. The number of anilines is 1. The number of nitro benzene ring substituents is 1. The van der Waals surface area contributed by atoms with Crippen LogP contribution >= 0.6 is 0 Å². The highest BCUT2D eigenvalue weighted by atomic mass is 32.2. The normalized spacial score (nSPS) is 19.5. The number of nitrogens with zero attached hydrogens (tertiary/aromatic N) is 5. The van der Waals surface area contributed by atoms with Crippen molar-refractivity contribution in [2.75, 3.05) is 44.2 Å². The van der Waals surface area contributed by atoms with Gasteiger partial charge in [-0.25, -0.2) is 8.42 Å². The lowest BCUT2D eigenvalue weighted by Gasteiger charge is -2.41. The molecule has 0 radical (unpaired) electrons. The highest BCUT2D eigenvalue weighted by molar-refractivity contribution is 7.89. The molecule has 2 saturated heterocycles. The predicted octanol–water partition coefficient (Wildman–Crippen LogP) is 5.13. The standard InChI is InChI=1S/C29H39N5O4S/c1-5-29(21-30)13-15-31(16-14-29)25-11-12-26(23(4)28(25)34(35)36)39(37,38)33-19-17-32(18-20-33)27(22(2)3)24-9-7-6-8-10-24/h6-12,22,27H,5,13-20H2,1-4H3. The summed E-state index contributed by atoms with van der Waals surface area (Å²) in [7, 11) is -3.92. The molecule has 2 aliphatic rings. The van der Waals surface area contributed by atoms with E-state index in [1.165, 1.54) is 22.9 Å². The number of nitro groups is 1. The molecule has 0 spiro atoms. The molecule has 4 rings (SSSR count). The Morgan fingerprint density at radius 3 is 2.15 bits per heavy atom. The fourth-order valence-electron chi connectivity index (χ4n) is 6.18. The molecule has 210 valence electrons. The average molecular weight is 554 g/mol. The fourth-order valence-corrected chi connectivity index (χ4v) is 7.83. The third kappa shape index (κ3) is 5.67. The zero-order chi connectivity index (χ0) is 28.4. The maximum Gasteiger partial charge on any atom is 0.296 e. The lowest BCUT2D eigenvalue weighted by molar-refractivity contribution is -0.384. The molecule has 2 aromatic carbocycles. The third-order valence-corrected chi connectivity index (χ3v) is 10.6. The van der Waals surface area contributed by atoms with Crippen molar-refractivity contribution < 1.29 is 13.3 Å². The maximum absolute atomic E-state index is 13.7. The molecule has 39 heavy (non-hydrogen) atoms. The van der Waals surface area contributed by atoms with Crippen LogP contribution in [-0.2, 0) is 10.0 Å². The van der Waals surface area contributed by atoms with Gasteiger partial charge in [0.15, 0.2) is 0 Å². The van der Waals surface area contributed by atoms with Gasteiger partial charge in [-0.2, -0.15) is 9.57 Å². The second-order valence-electron chi connectivity index (χ2n) is 11.1. The number of hydrogen-bond donors (Lipinski definition) is 0. The van der Waals surface area contributed by atoms with Crippen molar-refractivity contribution in [2.24, 2.45) is 11.3 Å². The first-order valence-electron chi connectivity index (χ1n) is 13.8. The zero-order valence-electron chi connectivity index (χ0n) is 23.3. The van der Waals surface area contributed by atoms with E-state index in [4.69, 9.17) is 0 Å². The largest absolute Gasteiger partial charge is 0.366 e. The Labute approximate surface area is 232 Å². The van der Waals surface area contributed by atoms with Crippen molar-refractivity contribution in [1.29, 1.82) is 5.26 Å². The molecule has 2 heterocycles. The van der Waals surface area contributed by atoms with Crippen molar-refractivity contribution >= 4 is 21.4 Å². The number of piperazine rings is 1. The molecule has 0 saturated carbocycles. The molecule has 0 N–H and O–H groups in total. The SMILES string of the molecule is CCC1(C#N)CCN(c2ccc(S(=O)(=O)N3CCN(C(c4ccccc4)C(C)C)CC3)c(C)c2[N+](=O)[O-])CC1. The molecule has 1 atom stereocenters. The van der Waals surface area contributed by atoms with Crippen LogP contribution in [0.1, 0.15) is 57.2 Å². The molecule has 9 nitrogen and oxygen atoms in total. The van der Waals surface area contributed by atoms with E-state index in [1.54, 1.807) is 6.07 Å². The molecule has 2 aliphatic heterocycles. The van der Waals surface area contributed by atoms with Crippen molar-refractivity contribution in [2.45, 2.75) is 57.9 Å². The summed E-state index contributed by atoms with van der Waals surface area (Å²) in [5, 5.41) is 21.8. The molecule has 2 aromatic rings. The van der Waals surface area contributed by atoms with E-state index in [-0.39, 0.29) is 22.2 Å². The van der Waals surface area contributed by atoms with Crippen LogP contribution in [0.15, 0.2) is 47.4 Å². The Bertz CT molecular complexity index is 1320. The first kappa shape index (κ1) is 29.0. The van der Waals surface area contributed by atoms with E-state index in [2.05, 4.69) is 36.9 Å². The molecule has 0 aromatic heterocycles. The number of rotatable bonds is 8. The van der Waals surface area contributed by atoms with Gasteiger partial charge < -0.3 is 4.90 Å². The summed E-state index contributed by atoms with van der Waals surface area (Å²) < 4.78 is 29.0. The first-order chi connectivity index (χ1) is 18.5. The van der Waals surface area contributed by atoms with Crippen LogP contribution in [0.5, 0.6) is 0 Å². The van der Waals surface area contributed by atoms with E-state index >= 15 is 0 Å². The number of nitriles is 1. The smallest absolute Gasteiger partial charge is 0.296 e. The summed E-state index contributed by atoms with van der Waals surface area (Å²) in [5.74, 6) is 0.360. The third-order valence-electron chi connectivity index (χ3n) is 8.57. The van der Waals surface area contributed by atoms with Gasteiger partial charge in [0.05, 0.1) is 21.3 Å².